The summed E-state index contributed by atoms with van der Waals surface area (Å²) in [5.41, 5.74) is -0.296. The van der Waals surface area contributed by atoms with E-state index in [1.165, 1.54) is 0 Å². The van der Waals surface area contributed by atoms with Gasteiger partial charge >= 0.3 is 0 Å². The van der Waals surface area contributed by atoms with Crippen molar-refractivity contribution in [2.75, 3.05) is 0 Å². The smallest absolute Gasteiger partial charge is 0.231 e. The third kappa shape index (κ3) is 2.63. The number of rotatable bonds is 3. The van der Waals surface area contributed by atoms with Gasteiger partial charge in [-0.1, -0.05) is 30.3 Å². The summed E-state index contributed by atoms with van der Waals surface area (Å²) in [4.78, 5) is 12.5. The third-order valence-corrected chi connectivity index (χ3v) is 4.09. The first kappa shape index (κ1) is 13.6. The first-order valence-corrected chi connectivity index (χ1v) is 6.80. The van der Waals surface area contributed by atoms with Crippen molar-refractivity contribution in [2.45, 2.75) is 50.5 Å². The molecule has 0 bridgehead atoms. The third-order valence-electron chi connectivity index (χ3n) is 4.09. The van der Waals surface area contributed by atoms with Gasteiger partial charge in [0.25, 0.3) is 0 Å². The Morgan fingerprint density at radius 3 is 2.37 bits per heavy atom. The molecular formula is C16H20N2O. The summed E-state index contributed by atoms with van der Waals surface area (Å²) in [5.74, 6) is -0.0675. The van der Waals surface area contributed by atoms with Gasteiger partial charge in [0.1, 0.15) is 5.54 Å². The van der Waals surface area contributed by atoms with Crippen molar-refractivity contribution in [3.63, 3.8) is 0 Å². The summed E-state index contributed by atoms with van der Waals surface area (Å²) in [6, 6.07) is 12.0. The molecule has 19 heavy (non-hydrogen) atoms. The van der Waals surface area contributed by atoms with Crippen molar-refractivity contribution in [3.05, 3.63) is 35.9 Å². The van der Waals surface area contributed by atoms with E-state index in [2.05, 4.69) is 11.4 Å². The number of hydrogen-bond donors (Lipinski definition) is 1. The fourth-order valence-corrected chi connectivity index (χ4v) is 2.60. The van der Waals surface area contributed by atoms with Crippen molar-refractivity contribution in [2.24, 2.45) is 0 Å². The maximum Gasteiger partial charge on any atom is 0.231 e. The fourth-order valence-electron chi connectivity index (χ4n) is 2.60. The number of amides is 1. The molecule has 1 aliphatic carbocycles. The SMILES string of the molecule is CC(C)(C(=O)NC1(C#N)CCCC1)c1ccccc1. The molecule has 1 aromatic rings. The van der Waals surface area contributed by atoms with Crippen LogP contribution in [0.5, 0.6) is 0 Å². The molecule has 0 heterocycles. The van der Waals surface area contributed by atoms with Crippen LogP contribution in [0.25, 0.3) is 0 Å². The van der Waals surface area contributed by atoms with E-state index in [4.69, 9.17) is 0 Å². The first-order chi connectivity index (χ1) is 9.00. The van der Waals surface area contributed by atoms with Gasteiger partial charge in [0.2, 0.25) is 5.91 Å². The lowest BCUT2D eigenvalue weighted by atomic mass is 9.82. The van der Waals surface area contributed by atoms with Crippen LogP contribution in [0.15, 0.2) is 30.3 Å². The maximum absolute atomic E-state index is 12.5. The van der Waals surface area contributed by atoms with E-state index in [1.54, 1.807) is 0 Å². The van der Waals surface area contributed by atoms with Crippen molar-refractivity contribution in [1.29, 1.82) is 5.26 Å². The molecule has 0 unspecified atom stereocenters. The Morgan fingerprint density at radius 1 is 1.26 bits per heavy atom. The zero-order valence-corrected chi connectivity index (χ0v) is 11.6. The highest BCUT2D eigenvalue weighted by Gasteiger charge is 2.39. The topological polar surface area (TPSA) is 52.9 Å². The van der Waals surface area contributed by atoms with Gasteiger partial charge in [0.05, 0.1) is 11.5 Å². The number of hydrogen-bond acceptors (Lipinski definition) is 2. The molecule has 0 radical (unpaired) electrons. The zero-order valence-electron chi connectivity index (χ0n) is 11.6. The van der Waals surface area contributed by atoms with E-state index in [0.29, 0.717) is 0 Å². The molecule has 1 amide bonds. The molecular weight excluding hydrogens is 236 g/mol. The average Bonchev–Trinajstić information content (AvgIpc) is 2.89. The molecule has 0 aliphatic heterocycles. The Balaban J connectivity index is 2.18. The molecule has 0 atom stereocenters. The number of nitriles is 1. The van der Waals surface area contributed by atoms with Crippen molar-refractivity contribution >= 4 is 5.91 Å². The zero-order chi connectivity index (χ0) is 13.9. The van der Waals surface area contributed by atoms with Crippen LogP contribution in [0.4, 0.5) is 0 Å². The summed E-state index contributed by atoms with van der Waals surface area (Å²) in [7, 11) is 0. The molecule has 1 aliphatic rings. The van der Waals surface area contributed by atoms with Crippen molar-refractivity contribution < 1.29 is 4.79 Å². The van der Waals surface area contributed by atoms with E-state index in [1.807, 2.05) is 44.2 Å². The standard InChI is InChI=1S/C16H20N2O/c1-15(2,13-8-4-3-5-9-13)14(19)18-16(12-17)10-6-7-11-16/h3-5,8-9H,6-7,10-11H2,1-2H3,(H,18,19). The van der Waals surface area contributed by atoms with Crippen LogP contribution < -0.4 is 5.32 Å². The Labute approximate surface area is 114 Å². The molecule has 0 saturated heterocycles. The van der Waals surface area contributed by atoms with Crippen LogP contribution in [0.3, 0.4) is 0 Å². The minimum atomic E-state index is -0.650. The minimum Gasteiger partial charge on any atom is -0.337 e. The number of nitrogens with one attached hydrogen (secondary N) is 1. The van der Waals surface area contributed by atoms with Crippen LogP contribution in [0.1, 0.15) is 45.1 Å². The van der Waals surface area contributed by atoms with Crippen LogP contribution >= 0.6 is 0 Å². The van der Waals surface area contributed by atoms with Gasteiger partial charge in [0, 0.05) is 0 Å². The van der Waals surface area contributed by atoms with Gasteiger partial charge in [-0.25, -0.2) is 0 Å². The summed E-state index contributed by atoms with van der Waals surface area (Å²) < 4.78 is 0. The van der Waals surface area contributed by atoms with Crippen molar-refractivity contribution in [1.82, 2.24) is 5.32 Å². The Kier molecular flexibility index (Phi) is 3.61. The molecule has 3 heteroatoms. The molecule has 1 saturated carbocycles. The van der Waals surface area contributed by atoms with E-state index in [-0.39, 0.29) is 5.91 Å². The minimum absolute atomic E-state index is 0.0675. The lowest BCUT2D eigenvalue weighted by Gasteiger charge is -2.30. The van der Waals surface area contributed by atoms with Gasteiger partial charge in [-0.15, -0.1) is 0 Å². The molecule has 1 fully saturated rings. The fraction of sp³-hybridized carbons (Fsp3) is 0.500. The first-order valence-electron chi connectivity index (χ1n) is 6.80. The molecule has 2 rings (SSSR count). The Bertz CT molecular complexity index is 493. The lowest BCUT2D eigenvalue weighted by molar-refractivity contribution is -0.127. The van der Waals surface area contributed by atoms with Crippen molar-refractivity contribution in [3.8, 4) is 6.07 Å². The average molecular weight is 256 g/mol. The van der Waals surface area contributed by atoms with Crippen LogP contribution in [-0.2, 0) is 10.2 Å². The molecule has 0 spiro atoms. The molecule has 0 aromatic heterocycles. The maximum atomic E-state index is 12.5. The summed E-state index contributed by atoms with van der Waals surface area (Å²) in [6.07, 6.45) is 3.55. The quantitative estimate of drug-likeness (QED) is 0.904. The second-order valence-corrected chi connectivity index (χ2v) is 5.85. The van der Waals surface area contributed by atoms with E-state index in [0.717, 1.165) is 31.2 Å². The van der Waals surface area contributed by atoms with Gasteiger partial charge in [-0.05, 0) is 45.1 Å². The van der Waals surface area contributed by atoms with Gasteiger partial charge in [-0.3, -0.25) is 4.79 Å². The van der Waals surface area contributed by atoms with Gasteiger partial charge in [0.15, 0.2) is 0 Å². The molecule has 3 nitrogen and oxygen atoms in total. The summed E-state index contributed by atoms with van der Waals surface area (Å²) in [6.45, 7) is 3.80. The number of carbonyl (C=O) groups is 1. The largest absolute Gasteiger partial charge is 0.337 e. The highest BCUT2D eigenvalue weighted by Crippen LogP contribution is 2.31. The van der Waals surface area contributed by atoms with Crippen LogP contribution in [0, 0.1) is 11.3 Å². The number of carbonyl (C=O) groups excluding carboxylic acids is 1. The molecule has 100 valence electrons. The summed E-state index contributed by atoms with van der Waals surface area (Å²) >= 11 is 0. The summed E-state index contributed by atoms with van der Waals surface area (Å²) in [5, 5.41) is 12.3. The predicted octanol–water partition coefficient (Wildman–Crippen LogP) is 2.92. The Hall–Kier alpha value is -1.82. The highest BCUT2D eigenvalue weighted by molar-refractivity contribution is 5.88. The highest BCUT2D eigenvalue weighted by atomic mass is 16.2. The van der Waals surface area contributed by atoms with Crippen LogP contribution in [-0.4, -0.2) is 11.4 Å². The normalized spacial score (nSPS) is 17.7. The number of benzene rings is 1. The van der Waals surface area contributed by atoms with Crippen LogP contribution in [0.2, 0.25) is 0 Å². The molecule has 1 aromatic carbocycles. The van der Waals surface area contributed by atoms with E-state index < -0.39 is 11.0 Å². The second kappa shape index (κ2) is 5.05. The number of nitrogens with zero attached hydrogens (tertiary/aromatic N) is 1. The van der Waals surface area contributed by atoms with Gasteiger partial charge in [-0.2, -0.15) is 5.26 Å². The van der Waals surface area contributed by atoms with E-state index in [9.17, 15) is 10.1 Å². The lowest BCUT2D eigenvalue weighted by Crippen LogP contribution is -2.51. The second-order valence-electron chi connectivity index (χ2n) is 5.85. The Morgan fingerprint density at radius 2 is 1.84 bits per heavy atom. The van der Waals surface area contributed by atoms with Gasteiger partial charge < -0.3 is 5.32 Å². The predicted molar refractivity (Wildman–Crippen MR) is 74.4 cm³/mol. The monoisotopic (exact) mass is 256 g/mol. The van der Waals surface area contributed by atoms with E-state index >= 15 is 0 Å². The molecule has 1 N–H and O–H groups in total.